The lowest BCUT2D eigenvalue weighted by molar-refractivity contribution is 0.0954. The summed E-state index contributed by atoms with van der Waals surface area (Å²) in [5.74, 6) is 0.939. The maximum Gasteiger partial charge on any atom is 0.251 e. The number of hydrogen-bond donors (Lipinski definition) is 1. The summed E-state index contributed by atoms with van der Waals surface area (Å²) >= 11 is 0. The van der Waals surface area contributed by atoms with Gasteiger partial charge in [0, 0.05) is 30.6 Å². The van der Waals surface area contributed by atoms with Crippen LogP contribution in [0.25, 0.3) is 10.9 Å². The third-order valence-electron chi connectivity index (χ3n) is 5.40. The van der Waals surface area contributed by atoms with Crippen molar-refractivity contribution in [2.24, 2.45) is 0 Å². The Morgan fingerprint density at radius 1 is 1.12 bits per heavy atom. The van der Waals surface area contributed by atoms with Gasteiger partial charge in [0.05, 0.1) is 5.52 Å². The van der Waals surface area contributed by atoms with Crippen molar-refractivity contribution < 1.29 is 4.79 Å². The number of nitrogens with zero attached hydrogens (tertiary/aromatic N) is 3. The summed E-state index contributed by atoms with van der Waals surface area (Å²) in [6.45, 7) is 2.75. The van der Waals surface area contributed by atoms with Gasteiger partial charge in [-0.1, -0.05) is 11.6 Å². The van der Waals surface area contributed by atoms with Crippen molar-refractivity contribution in [3.8, 4) is 0 Å². The molecule has 2 aliphatic rings. The molecule has 1 amide bonds. The summed E-state index contributed by atoms with van der Waals surface area (Å²) in [6.07, 6.45) is 12.3. The Balaban J connectivity index is 1.48. The lowest BCUT2D eigenvalue weighted by Crippen LogP contribution is -2.25. The highest BCUT2D eigenvalue weighted by Crippen LogP contribution is 2.27. The Labute approximate surface area is 154 Å². The first-order chi connectivity index (χ1) is 12.8. The molecule has 2 heterocycles. The summed E-state index contributed by atoms with van der Waals surface area (Å²) in [5, 5.41) is 4.04. The molecule has 1 aromatic carbocycles. The fraction of sp³-hybridized carbons (Fsp3) is 0.476. The number of hydrogen-bond acceptors (Lipinski definition) is 4. The SMILES string of the molecule is O=C(NCCC1=CCCCC1)c1ccc2ncnc(N3CCCC3)c2c1. The van der Waals surface area contributed by atoms with Gasteiger partial charge in [-0.05, 0) is 63.1 Å². The number of aromatic nitrogens is 2. The van der Waals surface area contributed by atoms with Gasteiger partial charge < -0.3 is 10.2 Å². The van der Waals surface area contributed by atoms with Crippen LogP contribution < -0.4 is 10.2 Å². The minimum atomic E-state index is -0.0143. The third-order valence-corrected chi connectivity index (χ3v) is 5.40. The Morgan fingerprint density at radius 3 is 2.81 bits per heavy atom. The van der Waals surface area contributed by atoms with Crippen LogP contribution >= 0.6 is 0 Å². The number of allylic oxidation sites excluding steroid dienone is 1. The first-order valence-electron chi connectivity index (χ1n) is 9.77. The van der Waals surface area contributed by atoms with E-state index in [0.29, 0.717) is 12.1 Å². The number of fused-ring (bicyclic) bond motifs is 1. The molecule has 2 aromatic rings. The van der Waals surface area contributed by atoms with Gasteiger partial charge >= 0.3 is 0 Å². The van der Waals surface area contributed by atoms with Gasteiger partial charge in [0.1, 0.15) is 12.1 Å². The molecule has 5 nitrogen and oxygen atoms in total. The van der Waals surface area contributed by atoms with E-state index < -0.39 is 0 Å². The summed E-state index contributed by atoms with van der Waals surface area (Å²) in [5.41, 5.74) is 3.07. The van der Waals surface area contributed by atoms with Crippen molar-refractivity contribution in [1.82, 2.24) is 15.3 Å². The van der Waals surface area contributed by atoms with Gasteiger partial charge in [0.2, 0.25) is 0 Å². The summed E-state index contributed by atoms with van der Waals surface area (Å²) in [6, 6.07) is 5.73. The molecule has 1 aliphatic heterocycles. The molecule has 136 valence electrons. The maximum atomic E-state index is 12.6. The Morgan fingerprint density at radius 2 is 2.00 bits per heavy atom. The highest BCUT2D eigenvalue weighted by molar-refractivity contribution is 6.00. The van der Waals surface area contributed by atoms with Gasteiger partial charge in [0.15, 0.2) is 0 Å². The van der Waals surface area contributed by atoms with Crippen molar-refractivity contribution >= 4 is 22.6 Å². The van der Waals surface area contributed by atoms with Crippen LogP contribution in [-0.2, 0) is 0 Å². The minimum Gasteiger partial charge on any atom is -0.356 e. The van der Waals surface area contributed by atoms with Crippen LogP contribution in [0, 0.1) is 0 Å². The molecular formula is C21H26N4O. The zero-order chi connectivity index (χ0) is 17.8. The van der Waals surface area contributed by atoms with E-state index in [1.807, 2.05) is 18.2 Å². The number of nitrogens with one attached hydrogen (secondary N) is 1. The quantitative estimate of drug-likeness (QED) is 0.832. The number of amides is 1. The van der Waals surface area contributed by atoms with E-state index in [9.17, 15) is 4.79 Å². The molecule has 1 aromatic heterocycles. The molecule has 1 aliphatic carbocycles. The van der Waals surface area contributed by atoms with Crippen LogP contribution in [0.15, 0.2) is 36.2 Å². The Bertz CT molecular complexity index is 824. The normalized spacial score (nSPS) is 17.4. The fourth-order valence-corrected chi connectivity index (χ4v) is 3.94. The van der Waals surface area contributed by atoms with Gasteiger partial charge in [-0.3, -0.25) is 4.79 Å². The predicted molar refractivity (Wildman–Crippen MR) is 104 cm³/mol. The van der Waals surface area contributed by atoms with E-state index in [4.69, 9.17) is 0 Å². The lowest BCUT2D eigenvalue weighted by atomic mass is 9.97. The van der Waals surface area contributed by atoms with Crippen LogP contribution in [0.3, 0.4) is 0 Å². The van der Waals surface area contributed by atoms with Crippen LogP contribution in [0.2, 0.25) is 0 Å². The molecular weight excluding hydrogens is 324 g/mol. The minimum absolute atomic E-state index is 0.0143. The molecule has 0 unspecified atom stereocenters. The monoisotopic (exact) mass is 350 g/mol. The fourth-order valence-electron chi connectivity index (χ4n) is 3.94. The van der Waals surface area contributed by atoms with Gasteiger partial charge in [0.25, 0.3) is 5.91 Å². The largest absolute Gasteiger partial charge is 0.356 e. The molecule has 1 fully saturated rings. The average Bonchev–Trinajstić information content (AvgIpc) is 3.22. The summed E-state index contributed by atoms with van der Waals surface area (Å²) in [4.78, 5) is 23.7. The summed E-state index contributed by atoms with van der Waals surface area (Å²) in [7, 11) is 0. The zero-order valence-electron chi connectivity index (χ0n) is 15.2. The van der Waals surface area contributed by atoms with Crippen LogP contribution in [-0.4, -0.2) is 35.5 Å². The first kappa shape index (κ1) is 17.0. The number of carbonyl (C=O) groups excluding carboxylic acids is 1. The van der Waals surface area contributed by atoms with Crippen LogP contribution in [0.5, 0.6) is 0 Å². The highest BCUT2D eigenvalue weighted by atomic mass is 16.1. The molecule has 0 radical (unpaired) electrons. The number of carbonyl (C=O) groups is 1. The van der Waals surface area contributed by atoms with Crippen molar-refractivity contribution in [3.05, 3.63) is 41.7 Å². The van der Waals surface area contributed by atoms with Crippen molar-refractivity contribution in [3.63, 3.8) is 0 Å². The summed E-state index contributed by atoms with van der Waals surface area (Å²) < 4.78 is 0. The lowest BCUT2D eigenvalue weighted by Gasteiger charge is -2.18. The Hall–Kier alpha value is -2.43. The molecule has 5 heteroatoms. The molecule has 0 saturated carbocycles. The standard InChI is InChI=1S/C21H26N4O/c26-21(22-11-10-16-6-2-1-3-7-16)17-8-9-19-18(14-17)20(24-15-23-19)25-12-4-5-13-25/h6,8-9,14-15H,1-5,7,10-13H2,(H,22,26). The highest BCUT2D eigenvalue weighted by Gasteiger charge is 2.17. The van der Waals surface area contributed by atoms with E-state index in [2.05, 4.69) is 26.3 Å². The van der Waals surface area contributed by atoms with E-state index in [1.165, 1.54) is 44.1 Å². The zero-order valence-corrected chi connectivity index (χ0v) is 15.2. The predicted octanol–water partition coefficient (Wildman–Crippen LogP) is 3.85. The van der Waals surface area contributed by atoms with E-state index in [1.54, 1.807) is 6.33 Å². The number of benzene rings is 1. The maximum absolute atomic E-state index is 12.6. The second-order valence-electron chi connectivity index (χ2n) is 7.24. The van der Waals surface area contributed by atoms with Crippen molar-refractivity contribution in [2.75, 3.05) is 24.5 Å². The van der Waals surface area contributed by atoms with E-state index >= 15 is 0 Å². The van der Waals surface area contributed by atoms with Crippen molar-refractivity contribution in [2.45, 2.75) is 44.9 Å². The third kappa shape index (κ3) is 3.71. The topological polar surface area (TPSA) is 58.1 Å². The molecule has 1 saturated heterocycles. The van der Waals surface area contributed by atoms with Crippen molar-refractivity contribution in [1.29, 1.82) is 0 Å². The van der Waals surface area contributed by atoms with Crippen LogP contribution in [0.4, 0.5) is 5.82 Å². The second-order valence-corrected chi connectivity index (χ2v) is 7.24. The molecule has 4 rings (SSSR count). The molecule has 0 bridgehead atoms. The Kier molecular flexibility index (Phi) is 5.14. The average molecular weight is 350 g/mol. The first-order valence-corrected chi connectivity index (χ1v) is 9.77. The van der Waals surface area contributed by atoms with Crippen LogP contribution in [0.1, 0.15) is 55.3 Å². The van der Waals surface area contributed by atoms with E-state index in [0.717, 1.165) is 36.2 Å². The molecule has 1 N–H and O–H groups in total. The number of rotatable bonds is 5. The van der Waals surface area contributed by atoms with Gasteiger partial charge in [-0.15, -0.1) is 0 Å². The second kappa shape index (κ2) is 7.85. The number of anilines is 1. The van der Waals surface area contributed by atoms with Gasteiger partial charge in [-0.2, -0.15) is 0 Å². The van der Waals surface area contributed by atoms with Gasteiger partial charge in [-0.25, -0.2) is 9.97 Å². The van der Waals surface area contributed by atoms with E-state index in [-0.39, 0.29) is 5.91 Å². The molecule has 0 atom stereocenters. The molecule has 26 heavy (non-hydrogen) atoms. The smallest absolute Gasteiger partial charge is 0.251 e. The molecule has 0 spiro atoms.